The van der Waals surface area contributed by atoms with Crippen molar-refractivity contribution < 1.29 is 13.2 Å². The number of nitrogen functional groups attached to an aromatic ring is 1. The SMILES string of the molecule is Nc1cc(S(=O)(=O)NCC2CCC(=O)N2)ccc1Cl. The molecule has 8 heteroatoms. The van der Waals surface area contributed by atoms with Crippen LogP contribution in [-0.2, 0) is 14.8 Å². The minimum absolute atomic E-state index is 0.0544. The Morgan fingerprint density at radius 2 is 2.21 bits per heavy atom. The number of benzene rings is 1. The quantitative estimate of drug-likeness (QED) is 0.704. The van der Waals surface area contributed by atoms with E-state index >= 15 is 0 Å². The summed E-state index contributed by atoms with van der Waals surface area (Å²) in [7, 11) is -3.64. The number of hydrogen-bond donors (Lipinski definition) is 3. The van der Waals surface area contributed by atoms with Gasteiger partial charge in [0.05, 0.1) is 15.6 Å². The predicted molar refractivity (Wildman–Crippen MR) is 72.2 cm³/mol. The summed E-state index contributed by atoms with van der Waals surface area (Å²) < 4.78 is 26.5. The number of nitrogens with one attached hydrogen (secondary N) is 2. The van der Waals surface area contributed by atoms with E-state index in [0.717, 1.165) is 0 Å². The van der Waals surface area contributed by atoms with E-state index in [0.29, 0.717) is 17.9 Å². The van der Waals surface area contributed by atoms with Gasteiger partial charge in [0, 0.05) is 19.0 Å². The fourth-order valence-corrected chi connectivity index (χ4v) is 3.05. The lowest BCUT2D eigenvalue weighted by atomic mass is 10.2. The Kier molecular flexibility index (Phi) is 3.98. The van der Waals surface area contributed by atoms with Crippen molar-refractivity contribution in [3.05, 3.63) is 23.2 Å². The highest BCUT2D eigenvalue weighted by Crippen LogP contribution is 2.22. The summed E-state index contributed by atoms with van der Waals surface area (Å²) in [6.07, 6.45) is 1.06. The van der Waals surface area contributed by atoms with Crippen molar-refractivity contribution in [3.8, 4) is 0 Å². The Hall–Kier alpha value is -1.31. The molecule has 1 aliphatic rings. The van der Waals surface area contributed by atoms with Gasteiger partial charge < -0.3 is 11.1 Å². The van der Waals surface area contributed by atoms with Crippen molar-refractivity contribution in [1.29, 1.82) is 0 Å². The summed E-state index contributed by atoms with van der Waals surface area (Å²) >= 11 is 5.74. The highest BCUT2D eigenvalue weighted by Gasteiger charge is 2.23. The van der Waals surface area contributed by atoms with Gasteiger partial charge >= 0.3 is 0 Å². The first-order valence-corrected chi connectivity index (χ1v) is 7.58. The molecule has 2 rings (SSSR count). The van der Waals surface area contributed by atoms with E-state index in [-0.39, 0.29) is 29.1 Å². The average molecular weight is 304 g/mol. The summed E-state index contributed by atoms with van der Waals surface area (Å²) in [5.41, 5.74) is 5.78. The van der Waals surface area contributed by atoms with E-state index in [4.69, 9.17) is 17.3 Å². The zero-order valence-corrected chi connectivity index (χ0v) is 11.6. The van der Waals surface area contributed by atoms with Crippen molar-refractivity contribution in [1.82, 2.24) is 10.0 Å². The maximum absolute atomic E-state index is 12.0. The third-order valence-corrected chi connectivity index (χ3v) is 4.65. The fourth-order valence-electron chi connectivity index (χ4n) is 1.81. The molecule has 1 aromatic rings. The zero-order chi connectivity index (χ0) is 14.0. The van der Waals surface area contributed by atoms with E-state index in [1.54, 1.807) is 0 Å². The molecule has 4 N–H and O–H groups in total. The topological polar surface area (TPSA) is 101 Å². The van der Waals surface area contributed by atoms with Gasteiger partial charge in [0.2, 0.25) is 15.9 Å². The summed E-state index contributed by atoms with van der Waals surface area (Å²) in [4.78, 5) is 11.1. The smallest absolute Gasteiger partial charge is 0.240 e. The number of nitrogens with two attached hydrogens (primary N) is 1. The molecule has 1 saturated heterocycles. The third-order valence-electron chi connectivity index (χ3n) is 2.88. The van der Waals surface area contributed by atoms with E-state index in [1.165, 1.54) is 18.2 Å². The number of hydrogen-bond acceptors (Lipinski definition) is 4. The molecule has 1 heterocycles. The van der Waals surface area contributed by atoms with Crippen LogP contribution < -0.4 is 15.8 Å². The molecule has 0 spiro atoms. The molecule has 1 aromatic carbocycles. The molecule has 0 radical (unpaired) electrons. The van der Waals surface area contributed by atoms with Gasteiger partial charge in [-0.15, -0.1) is 0 Å². The number of sulfonamides is 1. The molecule has 1 aliphatic heterocycles. The van der Waals surface area contributed by atoms with Crippen molar-refractivity contribution in [2.24, 2.45) is 0 Å². The van der Waals surface area contributed by atoms with Crippen molar-refractivity contribution in [2.45, 2.75) is 23.8 Å². The highest BCUT2D eigenvalue weighted by molar-refractivity contribution is 7.89. The molecule has 1 atom stereocenters. The lowest BCUT2D eigenvalue weighted by Crippen LogP contribution is -2.38. The predicted octanol–water partition coefficient (Wildman–Crippen LogP) is 0.479. The van der Waals surface area contributed by atoms with Gasteiger partial charge in [-0.05, 0) is 24.6 Å². The van der Waals surface area contributed by atoms with Gasteiger partial charge in [-0.2, -0.15) is 0 Å². The first-order valence-electron chi connectivity index (χ1n) is 5.72. The minimum Gasteiger partial charge on any atom is -0.397 e. The Labute approximate surface area is 116 Å². The van der Waals surface area contributed by atoms with Crippen molar-refractivity contribution in [2.75, 3.05) is 12.3 Å². The zero-order valence-electron chi connectivity index (χ0n) is 10.0. The van der Waals surface area contributed by atoms with Crippen molar-refractivity contribution in [3.63, 3.8) is 0 Å². The second kappa shape index (κ2) is 5.36. The molecular weight excluding hydrogens is 290 g/mol. The van der Waals surface area contributed by atoms with Crippen LogP contribution in [0.2, 0.25) is 5.02 Å². The monoisotopic (exact) mass is 303 g/mol. The minimum atomic E-state index is -3.64. The van der Waals surface area contributed by atoms with Crippen LogP contribution in [0.3, 0.4) is 0 Å². The molecule has 6 nitrogen and oxygen atoms in total. The first-order chi connectivity index (χ1) is 8.88. The second-order valence-electron chi connectivity index (χ2n) is 4.34. The number of amides is 1. The first kappa shape index (κ1) is 14.1. The number of carbonyl (C=O) groups excluding carboxylic acids is 1. The van der Waals surface area contributed by atoms with Gasteiger partial charge in [-0.25, -0.2) is 13.1 Å². The molecule has 19 heavy (non-hydrogen) atoms. The normalized spacial score (nSPS) is 19.4. The highest BCUT2D eigenvalue weighted by atomic mass is 35.5. The maximum atomic E-state index is 12.0. The van der Waals surface area contributed by atoms with Crippen LogP contribution in [-0.4, -0.2) is 26.9 Å². The van der Waals surface area contributed by atoms with E-state index in [1.807, 2.05) is 0 Å². The molecule has 104 valence electrons. The van der Waals surface area contributed by atoms with Crippen molar-refractivity contribution >= 4 is 33.2 Å². The second-order valence-corrected chi connectivity index (χ2v) is 6.51. The molecule has 1 fully saturated rings. The van der Waals surface area contributed by atoms with Crippen LogP contribution in [0.25, 0.3) is 0 Å². The Bertz CT molecular complexity index is 603. The van der Waals surface area contributed by atoms with Crippen LogP contribution in [0, 0.1) is 0 Å². The molecule has 0 saturated carbocycles. The molecule has 0 bridgehead atoms. The molecular formula is C11H14ClN3O3S. The van der Waals surface area contributed by atoms with Crippen LogP contribution in [0.4, 0.5) is 5.69 Å². The number of anilines is 1. The number of rotatable bonds is 4. The standard InChI is InChI=1S/C11H14ClN3O3S/c12-9-3-2-8(5-10(9)13)19(17,18)14-6-7-1-4-11(16)15-7/h2-3,5,7,14H,1,4,6,13H2,(H,15,16). The van der Waals surface area contributed by atoms with Crippen LogP contribution in [0.1, 0.15) is 12.8 Å². The van der Waals surface area contributed by atoms with E-state index in [9.17, 15) is 13.2 Å². The van der Waals surface area contributed by atoms with Crippen LogP contribution in [0.15, 0.2) is 23.1 Å². The molecule has 1 unspecified atom stereocenters. The summed E-state index contributed by atoms with van der Waals surface area (Å²) in [5, 5.41) is 2.99. The number of halogens is 1. The van der Waals surface area contributed by atoms with E-state index in [2.05, 4.69) is 10.0 Å². The fraction of sp³-hybridized carbons (Fsp3) is 0.364. The summed E-state index contributed by atoms with van der Waals surface area (Å²) in [5.74, 6) is -0.0556. The Morgan fingerprint density at radius 1 is 1.47 bits per heavy atom. The largest absolute Gasteiger partial charge is 0.397 e. The Morgan fingerprint density at radius 3 is 2.79 bits per heavy atom. The molecule has 0 aromatic heterocycles. The number of carbonyl (C=O) groups is 1. The summed E-state index contributed by atoms with van der Waals surface area (Å²) in [6.45, 7) is 0.163. The third kappa shape index (κ3) is 3.37. The summed E-state index contributed by atoms with van der Waals surface area (Å²) in [6, 6.07) is 3.96. The van der Waals surface area contributed by atoms with Crippen LogP contribution >= 0.6 is 11.6 Å². The van der Waals surface area contributed by atoms with Gasteiger partial charge in [-0.1, -0.05) is 11.6 Å². The molecule has 1 amide bonds. The van der Waals surface area contributed by atoms with Crippen LogP contribution in [0.5, 0.6) is 0 Å². The average Bonchev–Trinajstić information content (AvgIpc) is 2.76. The van der Waals surface area contributed by atoms with Gasteiger partial charge in [0.25, 0.3) is 0 Å². The lowest BCUT2D eigenvalue weighted by molar-refractivity contribution is -0.119. The van der Waals surface area contributed by atoms with Gasteiger partial charge in [0.15, 0.2) is 0 Å². The van der Waals surface area contributed by atoms with Gasteiger partial charge in [-0.3, -0.25) is 4.79 Å². The maximum Gasteiger partial charge on any atom is 0.240 e. The van der Waals surface area contributed by atoms with E-state index < -0.39 is 10.0 Å². The van der Waals surface area contributed by atoms with Gasteiger partial charge in [0.1, 0.15) is 0 Å². The molecule has 0 aliphatic carbocycles. The Balaban J connectivity index is 2.05. The lowest BCUT2D eigenvalue weighted by Gasteiger charge is -2.12.